The van der Waals surface area contributed by atoms with Crippen LogP contribution in [0.3, 0.4) is 0 Å². The smallest absolute Gasteiger partial charge is 0.305 e. The van der Waals surface area contributed by atoms with Crippen LogP contribution < -0.4 is 10.1 Å². The number of ether oxygens (including phenoxy) is 2. The summed E-state index contributed by atoms with van der Waals surface area (Å²) in [6, 6.07) is 12.0. The minimum Gasteiger partial charge on any atom is -0.497 e. The van der Waals surface area contributed by atoms with Gasteiger partial charge in [-0.25, -0.2) is 0 Å². The van der Waals surface area contributed by atoms with Gasteiger partial charge in [0.15, 0.2) is 5.76 Å². The zero-order valence-electron chi connectivity index (χ0n) is 20.6. The van der Waals surface area contributed by atoms with Crippen LogP contribution in [0, 0.1) is 6.92 Å². The fourth-order valence-corrected chi connectivity index (χ4v) is 4.45. The number of nitrogens with zero attached hydrogens (tertiary/aromatic N) is 1. The number of methoxy groups -OCH3 is 1. The highest BCUT2D eigenvalue weighted by Crippen LogP contribution is 2.40. The number of aryl methyl sites for hydroxylation is 2. The van der Waals surface area contributed by atoms with Crippen molar-refractivity contribution in [2.75, 3.05) is 19.0 Å². The summed E-state index contributed by atoms with van der Waals surface area (Å²) in [5.41, 5.74) is 6.89. The molecule has 7 nitrogen and oxygen atoms in total. The largest absolute Gasteiger partial charge is 0.497 e. The van der Waals surface area contributed by atoms with Crippen molar-refractivity contribution >= 4 is 17.6 Å². The number of hydrogen-bond donors (Lipinski definition) is 1. The van der Waals surface area contributed by atoms with E-state index < -0.39 is 0 Å². The van der Waals surface area contributed by atoms with E-state index in [0.29, 0.717) is 19.4 Å². The van der Waals surface area contributed by atoms with Gasteiger partial charge in [-0.3, -0.25) is 9.59 Å². The van der Waals surface area contributed by atoms with Crippen LogP contribution in [0.5, 0.6) is 5.75 Å². The average Bonchev–Trinajstić information content (AvgIpc) is 3.29. The van der Waals surface area contributed by atoms with E-state index in [1.165, 1.54) is 5.56 Å². The maximum atomic E-state index is 12.5. The first-order chi connectivity index (χ1) is 17.0. The molecule has 1 aromatic heterocycles. The molecule has 7 heteroatoms. The first kappa shape index (κ1) is 24.5. The van der Waals surface area contributed by atoms with Crippen LogP contribution in [-0.2, 0) is 27.2 Å². The number of amides is 1. The standard InChI is InChI=1S/C28H32N2O5/c1-4-34-26(32)9-7-5-6-8-25(31)29-24-17-20(11-10-18(24)2)28-23-14-12-19-16-21(33-3)13-15-22(19)27(23)30-35-28/h10-11,13,15-17H,4-9,12,14H2,1-3H3,(H,29,31). The number of anilines is 1. The summed E-state index contributed by atoms with van der Waals surface area (Å²) in [4.78, 5) is 23.9. The molecule has 1 heterocycles. The normalized spacial score (nSPS) is 12.0. The highest BCUT2D eigenvalue weighted by atomic mass is 16.5. The van der Waals surface area contributed by atoms with Gasteiger partial charge in [0.2, 0.25) is 5.91 Å². The predicted octanol–water partition coefficient (Wildman–Crippen LogP) is 5.88. The Bertz CT molecular complexity index is 1210. The van der Waals surface area contributed by atoms with E-state index in [1.807, 2.05) is 37.3 Å². The van der Waals surface area contributed by atoms with Crippen LogP contribution in [-0.4, -0.2) is 30.7 Å². The molecule has 2 aromatic carbocycles. The molecule has 0 saturated carbocycles. The highest BCUT2D eigenvalue weighted by Gasteiger charge is 2.25. The summed E-state index contributed by atoms with van der Waals surface area (Å²) in [6.45, 7) is 4.17. The topological polar surface area (TPSA) is 90.7 Å². The van der Waals surface area contributed by atoms with Crippen molar-refractivity contribution in [1.29, 1.82) is 0 Å². The molecule has 0 spiro atoms. The molecule has 1 amide bonds. The second-order valence-corrected chi connectivity index (χ2v) is 8.81. The summed E-state index contributed by atoms with van der Waals surface area (Å²) >= 11 is 0. The molecule has 0 radical (unpaired) electrons. The average molecular weight is 477 g/mol. The van der Waals surface area contributed by atoms with E-state index >= 15 is 0 Å². The van der Waals surface area contributed by atoms with Crippen LogP contribution in [0.1, 0.15) is 55.7 Å². The lowest BCUT2D eigenvalue weighted by molar-refractivity contribution is -0.143. The van der Waals surface area contributed by atoms with Crippen molar-refractivity contribution in [3.05, 3.63) is 53.1 Å². The van der Waals surface area contributed by atoms with Crippen molar-refractivity contribution in [1.82, 2.24) is 5.16 Å². The number of esters is 1. The molecule has 4 rings (SSSR count). The van der Waals surface area contributed by atoms with Crippen molar-refractivity contribution in [3.63, 3.8) is 0 Å². The van der Waals surface area contributed by atoms with E-state index in [0.717, 1.165) is 77.2 Å². The molecule has 3 aromatic rings. The molecule has 0 fully saturated rings. The number of aromatic nitrogens is 1. The van der Waals surface area contributed by atoms with Gasteiger partial charge in [0, 0.05) is 35.2 Å². The lowest BCUT2D eigenvalue weighted by atomic mass is 9.88. The van der Waals surface area contributed by atoms with E-state index in [-0.39, 0.29) is 11.9 Å². The molecule has 184 valence electrons. The number of hydrogen-bond acceptors (Lipinski definition) is 6. The first-order valence-corrected chi connectivity index (χ1v) is 12.2. The summed E-state index contributed by atoms with van der Waals surface area (Å²) in [7, 11) is 1.67. The number of rotatable bonds is 10. The van der Waals surface area contributed by atoms with Crippen LogP contribution in [0.4, 0.5) is 5.69 Å². The van der Waals surface area contributed by atoms with Crippen LogP contribution in [0.15, 0.2) is 40.9 Å². The number of carbonyl (C=O) groups is 2. The van der Waals surface area contributed by atoms with Crippen LogP contribution in [0.25, 0.3) is 22.6 Å². The molecule has 1 N–H and O–H groups in total. The van der Waals surface area contributed by atoms with Gasteiger partial charge in [0.25, 0.3) is 0 Å². The van der Waals surface area contributed by atoms with Gasteiger partial charge < -0.3 is 19.3 Å². The molecule has 0 saturated heterocycles. The van der Waals surface area contributed by atoms with Gasteiger partial charge in [0.05, 0.1) is 13.7 Å². The van der Waals surface area contributed by atoms with Gasteiger partial charge in [-0.1, -0.05) is 23.7 Å². The Hall–Kier alpha value is -3.61. The zero-order valence-corrected chi connectivity index (χ0v) is 20.6. The lowest BCUT2D eigenvalue weighted by Crippen LogP contribution is -2.12. The second-order valence-electron chi connectivity index (χ2n) is 8.81. The predicted molar refractivity (Wildman–Crippen MR) is 134 cm³/mol. The number of carbonyl (C=O) groups excluding carboxylic acids is 2. The third-order valence-electron chi connectivity index (χ3n) is 6.36. The summed E-state index contributed by atoms with van der Waals surface area (Å²) in [6.07, 6.45) is 4.79. The second kappa shape index (κ2) is 11.2. The number of nitrogens with one attached hydrogen (secondary N) is 1. The van der Waals surface area contributed by atoms with Crippen molar-refractivity contribution in [3.8, 4) is 28.3 Å². The maximum absolute atomic E-state index is 12.5. The minimum absolute atomic E-state index is 0.0381. The maximum Gasteiger partial charge on any atom is 0.305 e. The van der Waals surface area contributed by atoms with E-state index in [1.54, 1.807) is 14.0 Å². The SMILES string of the molecule is CCOC(=O)CCCCCC(=O)Nc1cc(-c2onc3c2CCc2cc(OC)ccc2-3)ccc1C. The van der Waals surface area contributed by atoms with Gasteiger partial charge in [-0.2, -0.15) is 0 Å². The molecule has 1 aliphatic carbocycles. The van der Waals surface area contributed by atoms with Gasteiger partial charge in [0.1, 0.15) is 11.4 Å². The quantitative estimate of drug-likeness (QED) is 0.290. The zero-order chi connectivity index (χ0) is 24.8. The minimum atomic E-state index is -0.179. The Morgan fingerprint density at radius 2 is 1.89 bits per heavy atom. The van der Waals surface area contributed by atoms with Crippen molar-refractivity contribution in [2.45, 2.75) is 58.8 Å². The number of benzene rings is 2. The molecule has 0 aliphatic heterocycles. The summed E-state index contributed by atoms with van der Waals surface area (Å²) in [5, 5.41) is 7.42. The Kier molecular flexibility index (Phi) is 7.85. The molecular weight excluding hydrogens is 444 g/mol. The molecule has 0 unspecified atom stereocenters. The molecule has 0 bridgehead atoms. The molecule has 0 atom stereocenters. The van der Waals surface area contributed by atoms with Gasteiger partial charge >= 0.3 is 5.97 Å². The number of unbranched alkanes of at least 4 members (excludes halogenated alkanes) is 2. The monoisotopic (exact) mass is 476 g/mol. The molecule has 1 aliphatic rings. The van der Waals surface area contributed by atoms with Crippen molar-refractivity contribution in [2.24, 2.45) is 0 Å². The molecule has 35 heavy (non-hydrogen) atoms. The fourth-order valence-electron chi connectivity index (χ4n) is 4.45. The Balaban J connectivity index is 1.42. The van der Waals surface area contributed by atoms with Crippen LogP contribution in [0.2, 0.25) is 0 Å². The van der Waals surface area contributed by atoms with Gasteiger partial charge in [-0.05, 0) is 74.9 Å². The third-order valence-corrected chi connectivity index (χ3v) is 6.36. The number of fused-ring (bicyclic) bond motifs is 3. The summed E-state index contributed by atoms with van der Waals surface area (Å²) in [5.74, 6) is 1.37. The Morgan fingerprint density at radius 1 is 1.06 bits per heavy atom. The van der Waals surface area contributed by atoms with E-state index in [4.69, 9.17) is 14.0 Å². The Morgan fingerprint density at radius 3 is 2.69 bits per heavy atom. The van der Waals surface area contributed by atoms with E-state index in [9.17, 15) is 9.59 Å². The van der Waals surface area contributed by atoms with Crippen molar-refractivity contribution < 1.29 is 23.6 Å². The fraction of sp³-hybridized carbons (Fsp3) is 0.393. The molecular formula is C28H32N2O5. The highest BCUT2D eigenvalue weighted by molar-refractivity contribution is 5.92. The van der Waals surface area contributed by atoms with Crippen LogP contribution >= 0.6 is 0 Å². The van der Waals surface area contributed by atoms with Gasteiger partial charge in [-0.15, -0.1) is 0 Å². The third kappa shape index (κ3) is 5.73. The lowest BCUT2D eigenvalue weighted by Gasteiger charge is -2.16. The Labute approximate surface area is 205 Å². The summed E-state index contributed by atoms with van der Waals surface area (Å²) < 4.78 is 16.1. The first-order valence-electron chi connectivity index (χ1n) is 12.2. The van der Waals surface area contributed by atoms with E-state index in [2.05, 4.69) is 16.5 Å².